The number of rotatable bonds is 2. The van der Waals surface area contributed by atoms with Gasteiger partial charge in [0.2, 0.25) is 10.0 Å². The van der Waals surface area contributed by atoms with Gasteiger partial charge in [-0.3, -0.25) is 4.98 Å². The average Bonchev–Trinajstić information content (AvgIpc) is 2.55. The Balaban J connectivity index is 0.000000615. The van der Waals surface area contributed by atoms with Crippen molar-refractivity contribution in [3.8, 4) is 0 Å². The first-order valence-corrected chi connectivity index (χ1v) is 9.77. The van der Waals surface area contributed by atoms with Gasteiger partial charge in [0, 0.05) is 36.3 Å². The second kappa shape index (κ2) is 8.41. The number of sulfonamides is 1. The maximum atomic E-state index is 12.6. The Morgan fingerprint density at radius 2 is 1.70 bits per heavy atom. The van der Waals surface area contributed by atoms with Gasteiger partial charge in [0.05, 0.1) is 4.90 Å². The summed E-state index contributed by atoms with van der Waals surface area (Å²) in [6.45, 7) is 13.2. The van der Waals surface area contributed by atoms with Gasteiger partial charge in [-0.15, -0.1) is 0 Å². The molecular weight excluding hydrogens is 308 g/mol. The number of fused-ring (bicyclic) bond motifs is 1. The van der Waals surface area contributed by atoms with Crippen molar-refractivity contribution in [2.24, 2.45) is 5.92 Å². The smallest absolute Gasteiger partial charge is 0.243 e. The van der Waals surface area contributed by atoms with E-state index in [-0.39, 0.29) is 0 Å². The summed E-state index contributed by atoms with van der Waals surface area (Å²) in [6.07, 6.45) is 3.42. The zero-order valence-electron chi connectivity index (χ0n) is 15.0. The summed E-state index contributed by atoms with van der Waals surface area (Å²) in [5, 5.41) is 1.66. The van der Waals surface area contributed by atoms with Gasteiger partial charge in [0.15, 0.2) is 0 Å². The number of benzene rings is 1. The quantitative estimate of drug-likeness (QED) is 0.824. The first-order valence-electron chi connectivity index (χ1n) is 8.33. The normalized spacial score (nSPS) is 15.0. The third-order valence-corrected chi connectivity index (χ3v) is 5.46. The highest BCUT2D eigenvalue weighted by atomic mass is 32.2. The molecule has 3 rings (SSSR count). The van der Waals surface area contributed by atoms with Crippen LogP contribution in [0.4, 0.5) is 0 Å². The molecule has 0 atom stereocenters. The molecule has 2 aromatic rings. The highest BCUT2D eigenvalue weighted by Gasteiger charge is 2.35. The van der Waals surface area contributed by atoms with Crippen LogP contribution in [0.25, 0.3) is 10.8 Å². The molecule has 1 saturated heterocycles. The van der Waals surface area contributed by atoms with Gasteiger partial charge in [-0.1, -0.05) is 46.8 Å². The third kappa shape index (κ3) is 3.90. The zero-order valence-corrected chi connectivity index (χ0v) is 15.8. The molecule has 0 bridgehead atoms. The van der Waals surface area contributed by atoms with Crippen molar-refractivity contribution in [2.45, 2.75) is 46.4 Å². The number of pyridine rings is 1. The summed E-state index contributed by atoms with van der Waals surface area (Å²) in [7, 11) is -3.38. The molecule has 1 aliphatic rings. The van der Waals surface area contributed by atoms with Crippen molar-refractivity contribution in [1.29, 1.82) is 0 Å². The maximum absolute atomic E-state index is 12.6. The summed E-state index contributed by atoms with van der Waals surface area (Å²) in [4.78, 5) is 4.52. The lowest BCUT2D eigenvalue weighted by Gasteiger charge is -2.36. The molecular formula is C18H28N2O2S. The zero-order chi connectivity index (χ0) is 17.6. The van der Waals surface area contributed by atoms with E-state index in [1.54, 1.807) is 28.8 Å². The van der Waals surface area contributed by atoms with Crippen LogP contribution < -0.4 is 0 Å². The highest BCUT2D eigenvalue weighted by Crippen LogP contribution is 2.31. The fourth-order valence-electron chi connectivity index (χ4n) is 2.56. The Kier molecular flexibility index (Phi) is 7.16. The minimum Gasteiger partial charge on any atom is -0.264 e. The van der Waals surface area contributed by atoms with Crippen LogP contribution in [0.2, 0.25) is 0 Å². The number of aryl methyl sites for hydroxylation is 1. The number of hydrogen-bond acceptors (Lipinski definition) is 3. The van der Waals surface area contributed by atoms with Gasteiger partial charge in [-0.25, -0.2) is 8.42 Å². The lowest BCUT2D eigenvalue weighted by molar-refractivity contribution is 0.218. The van der Waals surface area contributed by atoms with Crippen molar-refractivity contribution in [1.82, 2.24) is 9.29 Å². The lowest BCUT2D eigenvalue weighted by atomic mass is 10.1. The SMILES string of the molecule is CC.CC.Cc1cncc2cccc(S(=O)(=O)N3CC(C)C3)c12. The van der Waals surface area contributed by atoms with E-state index in [4.69, 9.17) is 0 Å². The second-order valence-electron chi connectivity index (χ2n) is 5.24. The summed E-state index contributed by atoms with van der Waals surface area (Å²) >= 11 is 0. The van der Waals surface area contributed by atoms with Crippen LogP contribution in [-0.2, 0) is 10.0 Å². The van der Waals surface area contributed by atoms with E-state index in [1.165, 1.54) is 0 Å². The van der Waals surface area contributed by atoms with E-state index in [0.717, 1.165) is 16.3 Å². The molecule has 0 N–H and O–H groups in total. The van der Waals surface area contributed by atoms with Gasteiger partial charge < -0.3 is 0 Å². The van der Waals surface area contributed by atoms with Crippen molar-refractivity contribution in [3.63, 3.8) is 0 Å². The fraction of sp³-hybridized carbons (Fsp3) is 0.500. The van der Waals surface area contributed by atoms with Gasteiger partial charge in [-0.2, -0.15) is 4.31 Å². The Labute approximate surface area is 140 Å². The molecule has 1 aliphatic heterocycles. The third-order valence-electron chi connectivity index (χ3n) is 3.58. The number of hydrogen-bond donors (Lipinski definition) is 0. The van der Waals surface area contributed by atoms with Gasteiger partial charge in [-0.05, 0) is 24.5 Å². The van der Waals surface area contributed by atoms with Gasteiger partial charge in [0.25, 0.3) is 0 Å². The van der Waals surface area contributed by atoms with Crippen LogP contribution in [0.3, 0.4) is 0 Å². The van der Waals surface area contributed by atoms with Crippen molar-refractivity contribution in [3.05, 3.63) is 36.2 Å². The number of aromatic nitrogens is 1. The Morgan fingerprint density at radius 1 is 1.09 bits per heavy atom. The molecule has 1 aromatic carbocycles. The van der Waals surface area contributed by atoms with E-state index in [1.807, 2.05) is 40.7 Å². The molecule has 0 saturated carbocycles. The molecule has 0 spiro atoms. The van der Waals surface area contributed by atoms with E-state index in [0.29, 0.717) is 23.9 Å². The number of nitrogens with zero attached hydrogens (tertiary/aromatic N) is 2. The molecule has 23 heavy (non-hydrogen) atoms. The second-order valence-corrected chi connectivity index (χ2v) is 7.14. The molecule has 1 fully saturated rings. The van der Waals surface area contributed by atoms with E-state index < -0.39 is 10.0 Å². The molecule has 0 unspecified atom stereocenters. The van der Waals surface area contributed by atoms with Gasteiger partial charge in [0.1, 0.15) is 0 Å². The van der Waals surface area contributed by atoms with Crippen molar-refractivity contribution >= 4 is 20.8 Å². The van der Waals surface area contributed by atoms with Gasteiger partial charge >= 0.3 is 0 Å². The molecule has 2 heterocycles. The van der Waals surface area contributed by atoms with Crippen LogP contribution >= 0.6 is 0 Å². The van der Waals surface area contributed by atoms with Crippen LogP contribution in [0.15, 0.2) is 35.5 Å². The van der Waals surface area contributed by atoms with Crippen molar-refractivity contribution in [2.75, 3.05) is 13.1 Å². The van der Waals surface area contributed by atoms with Crippen LogP contribution in [0, 0.1) is 12.8 Å². The molecule has 4 nitrogen and oxygen atoms in total. The fourth-order valence-corrected chi connectivity index (χ4v) is 4.53. The lowest BCUT2D eigenvalue weighted by Crippen LogP contribution is -2.48. The summed E-state index contributed by atoms with van der Waals surface area (Å²) in [5.41, 5.74) is 0.894. The van der Waals surface area contributed by atoms with Crippen LogP contribution in [-0.4, -0.2) is 30.8 Å². The first-order chi connectivity index (χ1) is 11.0. The van der Waals surface area contributed by atoms with E-state index in [2.05, 4.69) is 11.9 Å². The molecule has 5 heteroatoms. The summed E-state index contributed by atoms with van der Waals surface area (Å²) < 4.78 is 26.8. The molecule has 0 aliphatic carbocycles. The Hall–Kier alpha value is -1.46. The highest BCUT2D eigenvalue weighted by molar-refractivity contribution is 7.89. The topological polar surface area (TPSA) is 50.3 Å². The summed E-state index contributed by atoms with van der Waals surface area (Å²) in [5.74, 6) is 0.451. The maximum Gasteiger partial charge on any atom is 0.243 e. The van der Waals surface area contributed by atoms with Crippen molar-refractivity contribution < 1.29 is 8.42 Å². The predicted octanol–water partition coefficient (Wildman–Crippen LogP) is 4.24. The first kappa shape index (κ1) is 19.6. The van der Waals surface area contributed by atoms with Crippen LogP contribution in [0.5, 0.6) is 0 Å². The average molecular weight is 337 g/mol. The molecule has 0 amide bonds. The molecule has 0 radical (unpaired) electrons. The monoisotopic (exact) mass is 336 g/mol. The standard InChI is InChI=1S/C14H16N2O2S.2C2H6/c1-10-8-16(9-10)19(17,18)13-5-3-4-12-7-15-6-11(2)14(12)13;2*1-2/h3-7,10H,8-9H2,1-2H3;2*1-2H3. The van der Waals surface area contributed by atoms with E-state index in [9.17, 15) is 8.42 Å². The minimum atomic E-state index is -3.38. The molecule has 1 aromatic heterocycles. The summed E-state index contributed by atoms with van der Waals surface area (Å²) in [6, 6.07) is 5.36. The largest absolute Gasteiger partial charge is 0.264 e. The Bertz CT molecular complexity index is 731. The Morgan fingerprint density at radius 3 is 2.26 bits per heavy atom. The van der Waals surface area contributed by atoms with E-state index >= 15 is 0 Å². The molecule has 128 valence electrons. The predicted molar refractivity (Wildman–Crippen MR) is 97.1 cm³/mol. The minimum absolute atomic E-state index is 0.400. The van der Waals surface area contributed by atoms with Crippen LogP contribution in [0.1, 0.15) is 40.2 Å².